The zero-order valence-corrected chi connectivity index (χ0v) is 12.1. The van der Waals surface area contributed by atoms with E-state index in [1.165, 1.54) is 18.3 Å². The fraction of sp³-hybridized carbons (Fsp3) is 0. The van der Waals surface area contributed by atoms with Crippen molar-refractivity contribution >= 4 is 34.6 Å². The highest BCUT2D eigenvalue weighted by atomic mass is 35.5. The van der Waals surface area contributed by atoms with Crippen LogP contribution in [0.4, 0.5) is 4.39 Å². The van der Waals surface area contributed by atoms with Crippen molar-refractivity contribution in [2.45, 2.75) is 0 Å². The van der Waals surface area contributed by atoms with Crippen LogP contribution in [0.25, 0.3) is 10.9 Å². The van der Waals surface area contributed by atoms with E-state index in [2.05, 4.69) is 15.5 Å². The number of hydrazone groups is 1. The molecule has 0 atom stereocenters. The lowest BCUT2D eigenvalue weighted by molar-refractivity contribution is 0.0951. The maximum absolute atomic E-state index is 12.8. The monoisotopic (exact) mass is 315 g/mol. The number of amides is 1. The highest BCUT2D eigenvalue weighted by molar-refractivity contribution is 6.31. The lowest BCUT2D eigenvalue weighted by Crippen LogP contribution is -2.17. The highest BCUT2D eigenvalue weighted by Crippen LogP contribution is 2.19. The van der Waals surface area contributed by atoms with Crippen molar-refractivity contribution in [3.8, 4) is 0 Å². The first-order chi connectivity index (χ1) is 10.6. The van der Waals surface area contributed by atoms with Crippen LogP contribution in [-0.4, -0.2) is 17.1 Å². The molecule has 2 aromatic carbocycles. The normalized spacial score (nSPS) is 11.2. The van der Waals surface area contributed by atoms with Crippen molar-refractivity contribution in [1.82, 2.24) is 10.4 Å². The second-order valence-electron chi connectivity index (χ2n) is 4.67. The van der Waals surface area contributed by atoms with Gasteiger partial charge in [0.1, 0.15) is 11.5 Å². The number of aromatic nitrogens is 1. The van der Waals surface area contributed by atoms with Gasteiger partial charge in [-0.2, -0.15) is 5.10 Å². The summed E-state index contributed by atoms with van der Waals surface area (Å²) >= 11 is 5.91. The molecule has 3 rings (SSSR count). The molecule has 0 unspecified atom stereocenters. The van der Waals surface area contributed by atoms with E-state index in [0.29, 0.717) is 16.3 Å². The van der Waals surface area contributed by atoms with Gasteiger partial charge in [-0.05, 0) is 42.0 Å². The van der Waals surface area contributed by atoms with Gasteiger partial charge < -0.3 is 4.98 Å². The van der Waals surface area contributed by atoms with E-state index in [4.69, 9.17) is 11.6 Å². The molecular weight excluding hydrogens is 305 g/mol. The van der Waals surface area contributed by atoms with Crippen LogP contribution in [0.15, 0.2) is 53.6 Å². The molecule has 0 saturated heterocycles. The minimum Gasteiger partial charge on any atom is -0.350 e. The van der Waals surface area contributed by atoms with Gasteiger partial charge in [0.2, 0.25) is 0 Å². The standard InChI is InChI=1S/C16H11ClFN3O/c17-12-3-6-14-11(7-12)8-15(20-14)16(22)21-19-9-10-1-4-13(18)5-2-10/h1-9,20H,(H,21,22)/b19-9+. The summed E-state index contributed by atoms with van der Waals surface area (Å²) in [6.07, 6.45) is 1.44. The summed E-state index contributed by atoms with van der Waals surface area (Å²) in [5.74, 6) is -0.691. The van der Waals surface area contributed by atoms with Gasteiger partial charge in [-0.15, -0.1) is 0 Å². The zero-order valence-electron chi connectivity index (χ0n) is 11.3. The molecule has 1 heterocycles. The molecule has 22 heavy (non-hydrogen) atoms. The first kappa shape index (κ1) is 14.3. The number of nitrogens with one attached hydrogen (secondary N) is 2. The number of benzene rings is 2. The highest BCUT2D eigenvalue weighted by Gasteiger charge is 2.08. The van der Waals surface area contributed by atoms with Gasteiger partial charge in [-0.1, -0.05) is 23.7 Å². The second-order valence-corrected chi connectivity index (χ2v) is 5.10. The van der Waals surface area contributed by atoms with Gasteiger partial charge in [0.15, 0.2) is 0 Å². The molecule has 6 heteroatoms. The lowest BCUT2D eigenvalue weighted by Gasteiger charge is -1.96. The molecule has 3 aromatic rings. The second kappa shape index (κ2) is 5.99. The fourth-order valence-corrected chi connectivity index (χ4v) is 2.18. The van der Waals surface area contributed by atoms with Crippen molar-refractivity contribution in [1.29, 1.82) is 0 Å². The van der Waals surface area contributed by atoms with Gasteiger partial charge in [-0.25, -0.2) is 9.82 Å². The van der Waals surface area contributed by atoms with Crippen molar-refractivity contribution < 1.29 is 9.18 Å². The van der Waals surface area contributed by atoms with Crippen LogP contribution in [0, 0.1) is 5.82 Å². The Balaban J connectivity index is 1.71. The Labute approximate surface area is 130 Å². The van der Waals surface area contributed by atoms with Gasteiger partial charge in [0.25, 0.3) is 5.91 Å². The lowest BCUT2D eigenvalue weighted by atomic mass is 10.2. The number of carbonyl (C=O) groups is 1. The minimum absolute atomic E-state index is 0.321. The molecule has 110 valence electrons. The van der Waals surface area contributed by atoms with Crippen LogP contribution in [0.1, 0.15) is 16.1 Å². The molecule has 0 radical (unpaired) electrons. The number of hydrogen-bond donors (Lipinski definition) is 2. The number of aromatic amines is 1. The first-order valence-corrected chi connectivity index (χ1v) is 6.87. The largest absolute Gasteiger partial charge is 0.350 e. The SMILES string of the molecule is O=C(N/N=C/c1ccc(F)cc1)c1cc2cc(Cl)ccc2[nH]1. The van der Waals surface area contributed by atoms with Crippen LogP contribution >= 0.6 is 11.6 Å². The van der Waals surface area contributed by atoms with Gasteiger partial charge in [-0.3, -0.25) is 4.79 Å². The Morgan fingerprint density at radius 2 is 1.95 bits per heavy atom. The molecule has 0 spiro atoms. The molecule has 0 fully saturated rings. The molecule has 0 aliphatic rings. The van der Waals surface area contributed by atoms with Gasteiger partial charge in [0.05, 0.1) is 6.21 Å². The molecule has 0 aliphatic carbocycles. The van der Waals surface area contributed by atoms with E-state index in [-0.39, 0.29) is 11.7 Å². The Kier molecular flexibility index (Phi) is 3.89. The van der Waals surface area contributed by atoms with Crippen LogP contribution in [0.2, 0.25) is 5.02 Å². The van der Waals surface area contributed by atoms with E-state index in [9.17, 15) is 9.18 Å². The third-order valence-corrected chi connectivity index (χ3v) is 3.31. The minimum atomic E-state index is -0.370. The summed E-state index contributed by atoms with van der Waals surface area (Å²) < 4.78 is 12.8. The summed E-state index contributed by atoms with van der Waals surface area (Å²) in [7, 11) is 0. The van der Waals surface area contributed by atoms with E-state index in [1.54, 1.807) is 36.4 Å². The predicted octanol–water partition coefficient (Wildman–Crippen LogP) is 3.72. The van der Waals surface area contributed by atoms with Crippen molar-refractivity contribution in [2.24, 2.45) is 5.10 Å². The van der Waals surface area contributed by atoms with E-state index >= 15 is 0 Å². The van der Waals surface area contributed by atoms with Gasteiger partial charge >= 0.3 is 0 Å². The van der Waals surface area contributed by atoms with Crippen LogP contribution < -0.4 is 5.43 Å². The molecule has 1 amide bonds. The summed E-state index contributed by atoms with van der Waals surface area (Å²) in [6.45, 7) is 0. The number of halogens is 2. The van der Waals surface area contributed by atoms with Crippen molar-refractivity contribution in [2.75, 3.05) is 0 Å². The average molecular weight is 316 g/mol. The van der Waals surface area contributed by atoms with Crippen molar-refractivity contribution in [3.05, 3.63) is 70.6 Å². The summed E-state index contributed by atoms with van der Waals surface area (Å²) in [5.41, 5.74) is 4.30. The molecule has 1 aromatic heterocycles. The maximum atomic E-state index is 12.8. The molecule has 0 bridgehead atoms. The first-order valence-electron chi connectivity index (χ1n) is 6.49. The summed E-state index contributed by atoms with van der Waals surface area (Å²) in [4.78, 5) is 15.0. The third-order valence-electron chi connectivity index (χ3n) is 3.08. The molecule has 0 saturated carbocycles. The van der Waals surface area contributed by atoms with Crippen LogP contribution in [-0.2, 0) is 0 Å². The Bertz CT molecular complexity index is 855. The van der Waals surface area contributed by atoms with E-state index < -0.39 is 0 Å². The Morgan fingerprint density at radius 1 is 1.18 bits per heavy atom. The molecule has 0 aliphatic heterocycles. The van der Waals surface area contributed by atoms with E-state index in [1.807, 2.05) is 0 Å². The number of fused-ring (bicyclic) bond motifs is 1. The number of hydrogen-bond acceptors (Lipinski definition) is 2. The Hall–Kier alpha value is -2.66. The smallest absolute Gasteiger partial charge is 0.287 e. The quantitative estimate of drug-likeness (QED) is 0.561. The fourth-order valence-electron chi connectivity index (χ4n) is 2.00. The number of carbonyl (C=O) groups excluding carboxylic acids is 1. The van der Waals surface area contributed by atoms with Crippen molar-refractivity contribution in [3.63, 3.8) is 0 Å². The third kappa shape index (κ3) is 3.15. The van der Waals surface area contributed by atoms with Crippen LogP contribution in [0.3, 0.4) is 0 Å². The van der Waals surface area contributed by atoms with Gasteiger partial charge in [0, 0.05) is 15.9 Å². The van der Waals surface area contributed by atoms with Crippen LogP contribution in [0.5, 0.6) is 0 Å². The average Bonchev–Trinajstić information content (AvgIpc) is 2.92. The van der Waals surface area contributed by atoms with E-state index in [0.717, 1.165) is 10.9 Å². The maximum Gasteiger partial charge on any atom is 0.287 e. The Morgan fingerprint density at radius 3 is 2.73 bits per heavy atom. The molecular formula is C16H11ClFN3O. The number of H-pyrrole nitrogens is 1. The predicted molar refractivity (Wildman–Crippen MR) is 84.8 cm³/mol. The number of nitrogens with zero attached hydrogens (tertiary/aromatic N) is 1. The topological polar surface area (TPSA) is 57.2 Å². The molecule has 2 N–H and O–H groups in total. The summed E-state index contributed by atoms with van der Waals surface area (Å²) in [6, 6.07) is 12.8. The number of rotatable bonds is 3. The zero-order chi connectivity index (χ0) is 15.5. The molecule has 4 nitrogen and oxygen atoms in total. The summed E-state index contributed by atoms with van der Waals surface area (Å²) in [5, 5.41) is 5.29.